The van der Waals surface area contributed by atoms with Crippen LogP contribution in [-0.2, 0) is 19.8 Å². The third-order valence-electron chi connectivity index (χ3n) is 2.29. The number of rotatable bonds is 3. The predicted molar refractivity (Wildman–Crippen MR) is 82.7 cm³/mol. The fourth-order valence-electron chi connectivity index (χ4n) is 1.39. The quantitative estimate of drug-likeness (QED) is 0.823. The molecule has 2 rings (SSSR count). The van der Waals surface area contributed by atoms with Gasteiger partial charge < -0.3 is 0 Å². The minimum atomic E-state index is -4.00. The topological polar surface area (TPSA) is 63.6 Å². The molecule has 1 heterocycles. The summed E-state index contributed by atoms with van der Waals surface area (Å²) in [5.74, 6) is 0. The normalized spacial score (nSPS) is 14.8. The summed E-state index contributed by atoms with van der Waals surface area (Å²) in [5.41, 5.74) is 0. The van der Waals surface area contributed by atoms with E-state index < -0.39 is 19.8 Å². The Labute approximate surface area is 131 Å². The van der Waals surface area contributed by atoms with E-state index in [0.717, 1.165) is 11.3 Å². The van der Waals surface area contributed by atoms with Gasteiger partial charge in [0, 0.05) is 16.2 Å². The van der Waals surface area contributed by atoms with E-state index in [0.29, 0.717) is 14.3 Å². The molecule has 0 spiro atoms. The van der Waals surface area contributed by atoms with Crippen LogP contribution in [0.4, 0.5) is 0 Å². The Bertz CT molecular complexity index is 847. The van der Waals surface area contributed by atoms with Gasteiger partial charge in [-0.05, 0) is 36.4 Å². The van der Waals surface area contributed by atoms with Gasteiger partial charge in [-0.3, -0.25) is 0 Å². The van der Waals surface area contributed by atoms with E-state index in [1.165, 1.54) is 42.7 Å². The molecule has 0 aliphatic carbocycles. The second kappa shape index (κ2) is 5.65. The summed E-state index contributed by atoms with van der Waals surface area (Å²) in [6, 6.07) is 8.84. The molecule has 0 fully saturated rings. The van der Waals surface area contributed by atoms with Crippen LogP contribution in [0.25, 0.3) is 0 Å². The van der Waals surface area contributed by atoms with Crippen molar-refractivity contribution in [3.8, 4) is 0 Å². The Kier molecular flexibility index (Phi) is 4.46. The van der Waals surface area contributed by atoms with Crippen LogP contribution in [0.15, 0.2) is 49.3 Å². The lowest BCUT2D eigenvalue weighted by Gasteiger charge is -2.04. The van der Waals surface area contributed by atoms with Crippen molar-refractivity contribution in [1.29, 1.82) is 0 Å². The Morgan fingerprint density at radius 2 is 1.60 bits per heavy atom. The minimum absolute atomic E-state index is 0.0361. The maximum atomic E-state index is 12.5. The van der Waals surface area contributed by atoms with Crippen molar-refractivity contribution in [2.45, 2.75) is 9.10 Å². The Hall–Kier alpha value is -0.600. The molecule has 0 bridgehead atoms. The summed E-state index contributed by atoms with van der Waals surface area (Å²) >= 11 is 12.3. The lowest BCUT2D eigenvalue weighted by atomic mass is 10.4. The maximum absolute atomic E-state index is 12.5. The average molecular weight is 370 g/mol. The molecule has 0 unspecified atom stereocenters. The summed E-state index contributed by atoms with van der Waals surface area (Å²) in [6.45, 7) is 0. The summed E-state index contributed by atoms with van der Waals surface area (Å²) in [4.78, 5) is 0.299. The van der Waals surface area contributed by atoms with Gasteiger partial charge in [-0.15, -0.1) is 15.1 Å². The maximum Gasteiger partial charge on any atom is 0.299 e. The van der Waals surface area contributed by atoms with Crippen molar-refractivity contribution in [2.24, 2.45) is 3.77 Å². The number of benzene rings is 1. The van der Waals surface area contributed by atoms with Gasteiger partial charge in [0.05, 0.1) is 14.1 Å². The number of hydrogen-bond acceptors (Lipinski definition) is 4. The van der Waals surface area contributed by atoms with E-state index in [2.05, 4.69) is 3.77 Å². The Balaban J connectivity index is 2.53. The van der Waals surface area contributed by atoms with Gasteiger partial charge in [-0.2, -0.15) is 8.42 Å². The van der Waals surface area contributed by atoms with Crippen LogP contribution in [0.3, 0.4) is 0 Å². The lowest BCUT2D eigenvalue weighted by Crippen LogP contribution is -2.03. The lowest BCUT2D eigenvalue weighted by molar-refractivity contribution is 0.600. The SMILES string of the molecule is C[S@](=O)(=NS(=O)(=O)c1ccc(Cl)s1)c1ccc(Cl)cc1. The van der Waals surface area contributed by atoms with E-state index in [1.807, 2.05) is 0 Å². The zero-order valence-electron chi connectivity index (χ0n) is 10.1. The smallest absolute Gasteiger partial charge is 0.244 e. The van der Waals surface area contributed by atoms with Crippen LogP contribution in [0.2, 0.25) is 9.36 Å². The molecule has 0 saturated carbocycles. The molecule has 0 aliphatic rings. The van der Waals surface area contributed by atoms with E-state index in [9.17, 15) is 12.6 Å². The average Bonchev–Trinajstić information content (AvgIpc) is 2.76. The highest BCUT2D eigenvalue weighted by molar-refractivity contribution is 8.03. The van der Waals surface area contributed by atoms with Crippen molar-refractivity contribution in [3.05, 3.63) is 45.8 Å². The second-order valence-corrected chi connectivity index (χ2v) is 10.3. The van der Waals surface area contributed by atoms with Crippen LogP contribution in [0.1, 0.15) is 0 Å². The summed E-state index contributed by atoms with van der Waals surface area (Å²) in [7, 11) is -7.09. The van der Waals surface area contributed by atoms with Crippen LogP contribution in [0.5, 0.6) is 0 Å². The Morgan fingerprint density at radius 1 is 1.00 bits per heavy atom. The molecule has 0 saturated heterocycles. The van der Waals surface area contributed by atoms with Gasteiger partial charge in [0.1, 0.15) is 4.21 Å². The van der Waals surface area contributed by atoms with E-state index in [-0.39, 0.29) is 4.21 Å². The fraction of sp³-hybridized carbons (Fsp3) is 0.0909. The number of halogens is 2. The molecule has 0 aliphatic heterocycles. The summed E-state index contributed by atoms with van der Waals surface area (Å²) in [5, 5.41) is 0.469. The molecular formula is C11H9Cl2NO3S3. The number of nitrogens with zero attached hydrogens (tertiary/aromatic N) is 1. The van der Waals surface area contributed by atoms with Gasteiger partial charge in [0.25, 0.3) is 10.0 Å². The first-order valence-corrected chi connectivity index (χ1v) is 10.1. The van der Waals surface area contributed by atoms with Gasteiger partial charge in [0.15, 0.2) is 0 Å². The van der Waals surface area contributed by atoms with Crippen molar-refractivity contribution in [2.75, 3.05) is 6.26 Å². The molecule has 9 heteroatoms. The molecule has 1 atom stereocenters. The van der Waals surface area contributed by atoms with Crippen LogP contribution >= 0.6 is 34.5 Å². The van der Waals surface area contributed by atoms with Gasteiger partial charge in [0.2, 0.25) is 0 Å². The molecule has 4 nitrogen and oxygen atoms in total. The minimum Gasteiger partial charge on any atom is -0.244 e. The molecule has 0 radical (unpaired) electrons. The molecule has 1 aromatic heterocycles. The third-order valence-corrected chi connectivity index (χ3v) is 8.17. The van der Waals surface area contributed by atoms with Crippen molar-refractivity contribution in [1.82, 2.24) is 0 Å². The van der Waals surface area contributed by atoms with Crippen molar-refractivity contribution < 1.29 is 12.6 Å². The highest BCUT2D eigenvalue weighted by Crippen LogP contribution is 2.28. The molecule has 0 amide bonds. The standard InChI is InChI=1S/C11H9Cl2NO3S3/c1-19(15,9-4-2-8(12)3-5-9)14-20(16,17)11-7-6-10(13)18-11/h2-7H,1H3/t19-/m1/s1. The first kappa shape index (κ1) is 15.8. The zero-order valence-corrected chi connectivity index (χ0v) is 14.1. The van der Waals surface area contributed by atoms with Gasteiger partial charge in [-0.1, -0.05) is 23.2 Å². The van der Waals surface area contributed by atoms with Gasteiger partial charge in [-0.25, -0.2) is 4.21 Å². The molecular weight excluding hydrogens is 361 g/mol. The van der Waals surface area contributed by atoms with Crippen LogP contribution in [-0.4, -0.2) is 18.9 Å². The third kappa shape index (κ3) is 3.53. The molecule has 1 aromatic carbocycles. The molecule has 2 aromatic rings. The second-order valence-electron chi connectivity index (χ2n) is 3.86. The van der Waals surface area contributed by atoms with E-state index >= 15 is 0 Å². The number of hydrogen-bond donors (Lipinski definition) is 0. The number of sulfonamides is 1. The monoisotopic (exact) mass is 369 g/mol. The van der Waals surface area contributed by atoms with Crippen molar-refractivity contribution >= 4 is 54.3 Å². The summed E-state index contributed by atoms with van der Waals surface area (Å²) < 4.78 is 40.5. The van der Waals surface area contributed by atoms with E-state index in [4.69, 9.17) is 23.2 Å². The fourth-order valence-corrected chi connectivity index (χ4v) is 6.41. The highest BCUT2D eigenvalue weighted by Gasteiger charge is 2.19. The van der Waals surface area contributed by atoms with Gasteiger partial charge >= 0.3 is 0 Å². The van der Waals surface area contributed by atoms with Crippen molar-refractivity contribution in [3.63, 3.8) is 0 Å². The zero-order chi connectivity index (χ0) is 15.0. The Morgan fingerprint density at radius 3 is 2.10 bits per heavy atom. The highest BCUT2D eigenvalue weighted by atomic mass is 35.5. The van der Waals surface area contributed by atoms with Crippen LogP contribution < -0.4 is 0 Å². The summed E-state index contributed by atoms with van der Waals surface area (Å²) in [6.07, 6.45) is 1.27. The number of thiophene rings is 1. The predicted octanol–water partition coefficient (Wildman–Crippen LogP) is 3.90. The molecule has 108 valence electrons. The van der Waals surface area contributed by atoms with Crippen LogP contribution in [0, 0.1) is 0 Å². The molecule has 20 heavy (non-hydrogen) atoms. The molecule has 0 N–H and O–H groups in total. The first-order chi connectivity index (χ1) is 9.21. The van der Waals surface area contributed by atoms with E-state index in [1.54, 1.807) is 0 Å². The largest absolute Gasteiger partial charge is 0.299 e. The first-order valence-electron chi connectivity index (χ1n) is 5.20.